The quantitative estimate of drug-likeness (QED) is 0.794. The minimum absolute atomic E-state index is 0.223. The van der Waals surface area contributed by atoms with Gasteiger partial charge < -0.3 is 0 Å². The van der Waals surface area contributed by atoms with E-state index in [1.165, 1.54) is 12.5 Å². The maximum atomic E-state index is 10.8. The number of aryl methyl sites for hydroxylation is 1. The molecule has 92 valence electrons. The van der Waals surface area contributed by atoms with Crippen LogP contribution in [0.1, 0.15) is 12.5 Å². The van der Waals surface area contributed by atoms with E-state index in [9.17, 15) is 4.79 Å². The van der Waals surface area contributed by atoms with E-state index in [0.29, 0.717) is 5.69 Å². The SMILES string of the molecule is CC(=O)NNc1nncc(-c2ccc(C)cc2)n1. The lowest BCUT2D eigenvalue weighted by atomic mass is 10.1. The first-order valence-electron chi connectivity index (χ1n) is 5.44. The van der Waals surface area contributed by atoms with Gasteiger partial charge in [0.05, 0.1) is 11.9 Å². The van der Waals surface area contributed by atoms with Crippen LogP contribution in [0, 0.1) is 6.92 Å². The fourth-order valence-corrected chi connectivity index (χ4v) is 1.36. The van der Waals surface area contributed by atoms with Crippen molar-refractivity contribution in [3.8, 4) is 11.3 Å². The molecule has 0 bridgehead atoms. The number of hydrogen-bond acceptors (Lipinski definition) is 5. The molecule has 0 saturated heterocycles. The van der Waals surface area contributed by atoms with Crippen molar-refractivity contribution < 1.29 is 4.79 Å². The maximum absolute atomic E-state index is 10.8. The molecule has 1 amide bonds. The molecule has 0 saturated carbocycles. The Kier molecular flexibility index (Phi) is 3.47. The maximum Gasteiger partial charge on any atom is 0.262 e. The van der Waals surface area contributed by atoms with E-state index >= 15 is 0 Å². The Morgan fingerprint density at radius 2 is 1.94 bits per heavy atom. The Labute approximate surface area is 104 Å². The summed E-state index contributed by atoms with van der Waals surface area (Å²) in [4.78, 5) is 15.0. The van der Waals surface area contributed by atoms with Gasteiger partial charge in [-0.25, -0.2) is 4.98 Å². The second kappa shape index (κ2) is 5.22. The van der Waals surface area contributed by atoms with Gasteiger partial charge in [0, 0.05) is 12.5 Å². The van der Waals surface area contributed by atoms with E-state index in [2.05, 4.69) is 26.0 Å². The third-order valence-corrected chi connectivity index (χ3v) is 2.26. The summed E-state index contributed by atoms with van der Waals surface area (Å²) in [7, 11) is 0. The molecule has 0 radical (unpaired) electrons. The van der Waals surface area contributed by atoms with Gasteiger partial charge in [-0.2, -0.15) is 5.10 Å². The van der Waals surface area contributed by atoms with E-state index in [4.69, 9.17) is 0 Å². The largest absolute Gasteiger partial charge is 0.274 e. The fraction of sp³-hybridized carbons (Fsp3) is 0.167. The van der Waals surface area contributed by atoms with Crippen LogP contribution < -0.4 is 10.9 Å². The normalized spacial score (nSPS) is 9.89. The fourth-order valence-electron chi connectivity index (χ4n) is 1.36. The van der Waals surface area contributed by atoms with Crippen LogP contribution in [0.3, 0.4) is 0 Å². The molecule has 0 aliphatic heterocycles. The topological polar surface area (TPSA) is 79.8 Å². The van der Waals surface area contributed by atoms with Gasteiger partial charge in [0.1, 0.15) is 0 Å². The molecule has 18 heavy (non-hydrogen) atoms. The number of benzene rings is 1. The number of rotatable bonds is 3. The molecule has 1 aromatic carbocycles. The van der Waals surface area contributed by atoms with Gasteiger partial charge >= 0.3 is 0 Å². The van der Waals surface area contributed by atoms with E-state index in [0.717, 1.165) is 5.56 Å². The monoisotopic (exact) mass is 243 g/mol. The number of aromatic nitrogens is 3. The molecule has 0 atom stereocenters. The number of anilines is 1. The van der Waals surface area contributed by atoms with Crippen molar-refractivity contribution in [2.75, 3.05) is 5.43 Å². The number of carbonyl (C=O) groups excluding carboxylic acids is 1. The number of amides is 1. The average molecular weight is 243 g/mol. The second-order valence-corrected chi connectivity index (χ2v) is 3.84. The summed E-state index contributed by atoms with van der Waals surface area (Å²) < 4.78 is 0. The van der Waals surface area contributed by atoms with Gasteiger partial charge in [-0.3, -0.25) is 15.6 Å². The van der Waals surface area contributed by atoms with Crippen molar-refractivity contribution in [1.82, 2.24) is 20.6 Å². The molecule has 0 fully saturated rings. The number of carbonyl (C=O) groups is 1. The highest BCUT2D eigenvalue weighted by atomic mass is 16.2. The minimum atomic E-state index is -0.223. The Bertz CT molecular complexity index is 553. The molecule has 0 aliphatic rings. The molecule has 0 spiro atoms. The number of hydrogen-bond donors (Lipinski definition) is 2. The smallest absolute Gasteiger partial charge is 0.262 e. The lowest BCUT2D eigenvalue weighted by molar-refractivity contribution is -0.118. The third-order valence-electron chi connectivity index (χ3n) is 2.26. The first-order valence-corrected chi connectivity index (χ1v) is 5.44. The summed E-state index contributed by atoms with van der Waals surface area (Å²) in [5.74, 6) is 0.0302. The summed E-state index contributed by atoms with van der Waals surface area (Å²) in [5, 5.41) is 7.60. The molecule has 0 unspecified atom stereocenters. The first kappa shape index (κ1) is 12.0. The molecule has 1 aromatic heterocycles. The highest BCUT2D eigenvalue weighted by molar-refractivity contribution is 5.74. The molecule has 2 N–H and O–H groups in total. The molecular formula is C12H13N5O. The van der Waals surface area contributed by atoms with Crippen molar-refractivity contribution in [2.45, 2.75) is 13.8 Å². The van der Waals surface area contributed by atoms with Gasteiger partial charge in [-0.15, -0.1) is 5.10 Å². The Balaban J connectivity index is 2.21. The van der Waals surface area contributed by atoms with E-state index in [1.807, 2.05) is 31.2 Å². The standard InChI is InChI=1S/C12H13N5O/c1-8-3-5-10(6-4-8)11-7-13-16-12(14-11)17-15-9(2)18/h3-7H,1-2H3,(H,15,18)(H,14,16,17). The van der Waals surface area contributed by atoms with Crippen LogP contribution in [0.5, 0.6) is 0 Å². The van der Waals surface area contributed by atoms with Crippen molar-refractivity contribution in [3.63, 3.8) is 0 Å². The van der Waals surface area contributed by atoms with Crippen LogP contribution in [-0.4, -0.2) is 21.1 Å². The molecule has 1 heterocycles. The summed E-state index contributed by atoms with van der Waals surface area (Å²) in [5.41, 5.74) is 7.79. The average Bonchev–Trinajstić information content (AvgIpc) is 2.37. The first-order chi connectivity index (χ1) is 8.65. The minimum Gasteiger partial charge on any atom is -0.274 e. The molecule has 0 aliphatic carbocycles. The van der Waals surface area contributed by atoms with E-state index in [1.54, 1.807) is 6.20 Å². The van der Waals surface area contributed by atoms with Gasteiger partial charge in [0.25, 0.3) is 5.95 Å². The third kappa shape index (κ3) is 3.00. The second-order valence-electron chi connectivity index (χ2n) is 3.84. The van der Waals surface area contributed by atoms with Crippen LogP contribution in [0.4, 0.5) is 5.95 Å². The molecule has 6 nitrogen and oxygen atoms in total. The zero-order chi connectivity index (χ0) is 13.0. The van der Waals surface area contributed by atoms with E-state index < -0.39 is 0 Å². The van der Waals surface area contributed by atoms with Gasteiger partial charge in [0.2, 0.25) is 5.91 Å². The molecule has 2 rings (SSSR count). The molecular weight excluding hydrogens is 230 g/mol. The summed E-state index contributed by atoms with van der Waals surface area (Å²) >= 11 is 0. The van der Waals surface area contributed by atoms with Crippen molar-refractivity contribution in [3.05, 3.63) is 36.0 Å². The molecule has 2 aromatic rings. The van der Waals surface area contributed by atoms with Crippen LogP contribution in [-0.2, 0) is 4.79 Å². The summed E-state index contributed by atoms with van der Waals surface area (Å²) in [6, 6.07) is 7.92. The zero-order valence-electron chi connectivity index (χ0n) is 10.1. The Hall–Kier alpha value is -2.50. The van der Waals surface area contributed by atoms with Crippen LogP contribution in [0.25, 0.3) is 11.3 Å². The van der Waals surface area contributed by atoms with Gasteiger partial charge in [-0.1, -0.05) is 29.8 Å². The molecule has 6 heteroatoms. The van der Waals surface area contributed by atoms with Gasteiger partial charge in [-0.05, 0) is 6.92 Å². The van der Waals surface area contributed by atoms with Crippen LogP contribution in [0.2, 0.25) is 0 Å². The zero-order valence-corrected chi connectivity index (χ0v) is 10.1. The Morgan fingerprint density at radius 3 is 2.61 bits per heavy atom. The number of hydrazine groups is 1. The lowest BCUT2D eigenvalue weighted by Gasteiger charge is -2.05. The highest BCUT2D eigenvalue weighted by Crippen LogP contribution is 2.16. The van der Waals surface area contributed by atoms with E-state index in [-0.39, 0.29) is 11.9 Å². The van der Waals surface area contributed by atoms with Crippen molar-refractivity contribution >= 4 is 11.9 Å². The number of nitrogens with one attached hydrogen (secondary N) is 2. The number of nitrogens with zero attached hydrogens (tertiary/aromatic N) is 3. The summed E-state index contributed by atoms with van der Waals surface area (Å²) in [6.07, 6.45) is 1.57. The van der Waals surface area contributed by atoms with Crippen LogP contribution >= 0.6 is 0 Å². The Morgan fingerprint density at radius 1 is 1.22 bits per heavy atom. The predicted molar refractivity (Wildman–Crippen MR) is 67.4 cm³/mol. The van der Waals surface area contributed by atoms with Crippen LogP contribution in [0.15, 0.2) is 30.5 Å². The van der Waals surface area contributed by atoms with Crippen molar-refractivity contribution in [2.24, 2.45) is 0 Å². The lowest BCUT2D eigenvalue weighted by Crippen LogP contribution is -2.27. The predicted octanol–water partition coefficient (Wildman–Crippen LogP) is 1.31. The summed E-state index contributed by atoms with van der Waals surface area (Å²) in [6.45, 7) is 3.41. The van der Waals surface area contributed by atoms with Gasteiger partial charge in [0.15, 0.2) is 0 Å². The highest BCUT2D eigenvalue weighted by Gasteiger charge is 2.03. The van der Waals surface area contributed by atoms with Crippen molar-refractivity contribution in [1.29, 1.82) is 0 Å².